The maximum atomic E-state index is 12.9. The average Bonchev–Trinajstić information content (AvgIpc) is 2.94. The first kappa shape index (κ1) is 18.0. The molecule has 0 fully saturated rings. The number of nitrogens with one attached hydrogen (secondary N) is 2. The summed E-state index contributed by atoms with van der Waals surface area (Å²) in [5.41, 5.74) is 1.78. The molecule has 0 unspecified atom stereocenters. The van der Waals surface area contributed by atoms with Gasteiger partial charge < -0.3 is 9.73 Å². The van der Waals surface area contributed by atoms with E-state index in [-0.39, 0.29) is 23.8 Å². The van der Waals surface area contributed by atoms with Gasteiger partial charge in [-0.1, -0.05) is 0 Å². The number of carbonyl (C=O) groups excluding carboxylic acids is 1. The molecule has 2 N–H and O–H groups in total. The van der Waals surface area contributed by atoms with Crippen molar-refractivity contribution < 1.29 is 22.0 Å². The number of aromatic nitrogens is 1. The van der Waals surface area contributed by atoms with Crippen LogP contribution in [0.3, 0.4) is 0 Å². The summed E-state index contributed by atoms with van der Waals surface area (Å²) in [5, 5.41) is 2.67. The number of nitrogens with zero attached hydrogens (tertiary/aromatic N) is 1. The number of amides is 1. The first-order valence-corrected chi connectivity index (χ1v) is 9.24. The van der Waals surface area contributed by atoms with Crippen molar-refractivity contribution in [3.05, 3.63) is 54.2 Å². The lowest BCUT2D eigenvalue weighted by molar-refractivity contribution is -0.116. The van der Waals surface area contributed by atoms with Crippen molar-refractivity contribution in [3.8, 4) is 0 Å². The molecule has 0 aliphatic carbocycles. The Labute approximate surface area is 149 Å². The predicted molar refractivity (Wildman–Crippen MR) is 93.6 cm³/mol. The van der Waals surface area contributed by atoms with E-state index in [1.807, 2.05) is 0 Å². The van der Waals surface area contributed by atoms with Crippen LogP contribution in [0.4, 0.5) is 10.1 Å². The zero-order chi connectivity index (χ0) is 18.7. The van der Waals surface area contributed by atoms with Gasteiger partial charge in [0.25, 0.3) is 0 Å². The summed E-state index contributed by atoms with van der Waals surface area (Å²) in [6, 6.07) is 9.48. The van der Waals surface area contributed by atoms with Crippen LogP contribution in [0.1, 0.15) is 12.3 Å². The smallest absolute Gasteiger partial charge is 0.240 e. The van der Waals surface area contributed by atoms with E-state index in [1.54, 1.807) is 25.1 Å². The Kier molecular flexibility index (Phi) is 5.01. The van der Waals surface area contributed by atoms with Gasteiger partial charge in [0.15, 0.2) is 11.5 Å². The Bertz CT molecular complexity index is 1050. The summed E-state index contributed by atoms with van der Waals surface area (Å²) in [6.45, 7) is 1.64. The fourth-order valence-corrected chi connectivity index (χ4v) is 3.37. The Balaban J connectivity index is 1.55. The lowest BCUT2D eigenvalue weighted by Gasteiger charge is -2.07. The SMILES string of the molecule is Cc1nc2cc(NC(=O)CCNS(=O)(=O)c3ccc(F)cc3)ccc2o1. The highest BCUT2D eigenvalue weighted by Gasteiger charge is 2.14. The molecule has 0 saturated carbocycles. The molecule has 1 amide bonds. The van der Waals surface area contributed by atoms with Crippen molar-refractivity contribution in [1.29, 1.82) is 0 Å². The standard InChI is InChI=1S/C17H16FN3O4S/c1-11-20-15-10-13(4-7-16(15)25-11)21-17(22)8-9-19-26(23,24)14-5-2-12(18)3-6-14/h2-7,10,19H,8-9H2,1H3,(H,21,22). The van der Waals surface area contributed by atoms with Crippen LogP contribution in [-0.2, 0) is 14.8 Å². The van der Waals surface area contributed by atoms with Crippen molar-refractivity contribution in [2.24, 2.45) is 0 Å². The van der Waals surface area contributed by atoms with Gasteiger partial charge in [0.05, 0.1) is 4.90 Å². The van der Waals surface area contributed by atoms with Crippen LogP contribution in [-0.4, -0.2) is 25.9 Å². The topological polar surface area (TPSA) is 101 Å². The molecule has 0 spiro atoms. The number of benzene rings is 2. The van der Waals surface area contributed by atoms with Gasteiger partial charge in [-0.25, -0.2) is 22.5 Å². The van der Waals surface area contributed by atoms with Crippen LogP contribution in [0.2, 0.25) is 0 Å². The largest absolute Gasteiger partial charge is 0.441 e. The van der Waals surface area contributed by atoms with Gasteiger partial charge in [-0.05, 0) is 42.5 Å². The Morgan fingerprint density at radius 1 is 1.19 bits per heavy atom. The normalized spacial score (nSPS) is 11.6. The summed E-state index contributed by atoms with van der Waals surface area (Å²) < 4.78 is 44.6. The number of hydrogen-bond donors (Lipinski definition) is 2. The minimum absolute atomic E-state index is 0.0592. The van der Waals surface area contributed by atoms with Crippen molar-refractivity contribution in [2.75, 3.05) is 11.9 Å². The van der Waals surface area contributed by atoms with E-state index < -0.39 is 15.8 Å². The van der Waals surface area contributed by atoms with Gasteiger partial charge >= 0.3 is 0 Å². The molecule has 0 radical (unpaired) electrons. The number of aryl methyl sites for hydroxylation is 1. The predicted octanol–water partition coefficient (Wildman–Crippen LogP) is 2.58. The van der Waals surface area contributed by atoms with E-state index in [4.69, 9.17) is 4.42 Å². The van der Waals surface area contributed by atoms with Gasteiger partial charge in [-0.15, -0.1) is 0 Å². The molecule has 136 valence electrons. The Morgan fingerprint density at radius 2 is 1.92 bits per heavy atom. The molecule has 1 aromatic heterocycles. The molecule has 0 atom stereocenters. The van der Waals surface area contributed by atoms with Crippen LogP contribution >= 0.6 is 0 Å². The molecule has 1 heterocycles. The minimum Gasteiger partial charge on any atom is -0.441 e. The molecule has 0 aliphatic rings. The summed E-state index contributed by atoms with van der Waals surface area (Å²) in [6.07, 6.45) is -0.0592. The molecule has 0 saturated heterocycles. The number of oxazole rings is 1. The fraction of sp³-hybridized carbons (Fsp3) is 0.176. The van der Waals surface area contributed by atoms with Crippen LogP contribution in [0.25, 0.3) is 11.1 Å². The third-order valence-electron chi connectivity index (χ3n) is 3.55. The van der Waals surface area contributed by atoms with E-state index in [0.717, 1.165) is 24.3 Å². The van der Waals surface area contributed by atoms with Crippen molar-refractivity contribution >= 4 is 32.7 Å². The van der Waals surface area contributed by atoms with Crippen molar-refractivity contribution in [3.63, 3.8) is 0 Å². The first-order chi connectivity index (χ1) is 12.3. The first-order valence-electron chi connectivity index (χ1n) is 7.76. The van der Waals surface area contributed by atoms with E-state index >= 15 is 0 Å². The second-order valence-electron chi connectivity index (χ2n) is 5.57. The van der Waals surface area contributed by atoms with Gasteiger partial charge in [0.1, 0.15) is 11.3 Å². The molecule has 0 bridgehead atoms. The maximum Gasteiger partial charge on any atom is 0.240 e. The second-order valence-corrected chi connectivity index (χ2v) is 7.33. The van der Waals surface area contributed by atoms with E-state index in [9.17, 15) is 17.6 Å². The van der Waals surface area contributed by atoms with Gasteiger partial charge in [-0.3, -0.25) is 4.79 Å². The molecule has 7 nitrogen and oxygen atoms in total. The Morgan fingerprint density at radius 3 is 2.65 bits per heavy atom. The fourth-order valence-electron chi connectivity index (χ4n) is 2.34. The summed E-state index contributed by atoms with van der Waals surface area (Å²) in [7, 11) is -3.79. The van der Waals surface area contributed by atoms with Crippen LogP contribution in [0.5, 0.6) is 0 Å². The molecule has 3 rings (SSSR count). The summed E-state index contributed by atoms with van der Waals surface area (Å²) >= 11 is 0. The molecule has 26 heavy (non-hydrogen) atoms. The van der Waals surface area contributed by atoms with Gasteiger partial charge in [-0.2, -0.15) is 0 Å². The molecule has 0 aliphatic heterocycles. The number of carbonyl (C=O) groups is 1. The molecular weight excluding hydrogens is 361 g/mol. The highest BCUT2D eigenvalue weighted by molar-refractivity contribution is 7.89. The monoisotopic (exact) mass is 377 g/mol. The summed E-state index contributed by atoms with van der Waals surface area (Å²) in [4.78, 5) is 16.1. The van der Waals surface area contributed by atoms with E-state index in [1.165, 1.54) is 0 Å². The number of fused-ring (bicyclic) bond motifs is 1. The number of halogens is 1. The number of hydrogen-bond acceptors (Lipinski definition) is 5. The third-order valence-corrected chi connectivity index (χ3v) is 5.02. The van der Waals surface area contributed by atoms with Crippen LogP contribution in [0.15, 0.2) is 51.8 Å². The van der Waals surface area contributed by atoms with Gasteiger partial charge in [0.2, 0.25) is 15.9 Å². The van der Waals surface area contributed by atoms with Crippen LogP contribution in [0, 0.1) is 12.7 Å². The van der Waals surface area contributed by atoms with E-state index in [0.29, 0.717) is 22.7 Å². The zero-order valence-corrected chi connectivity index (χ0v) is 14.6. The quantitative estimate of drug-likeness (QED) is 0.688. The highest BCUT2D eigenvalue weighted by Crippen LogP contribution is 2.19. The summed E-state index contributed by atoms with van der Waals surface area (Å²) in [5.74, 6) is -0.354. The molecular formula is C17H16FN3O4S. The van der Waals surface area contributed by atoms with Gasteiger partial charge in [0, 0.05) is 25.6 Å². The van der Waals surface area contributed by atoms with Crippen LogP contribution < -0.4 is 10.0 Å². The molecule has 3 aromatic rings. The maximum absolute atomic E-state index is 12.9. The molecule has 2 aromatic carbocycles. The van der Waals surface area contributed by atoms with Crippen molar-refractivity contribution in [1.82, 2.24) is 9.71 Å². The number of rotatable bonds is 6. The lowest BCUT2D eigenvalue weighted by atomic mass is 10.2. The number of sulfonamides is 1. The minimum atomic E-state index is -3.79. The average molecular weight is 377 g/mol. The second kappa shape index (κ2) is 7.22. The lowest BCUT2D eigenvalue weighted by Crippen LogP contribution is -2.27. The third kappa shape index (κ3) is 4.24. The van der Waals surface area contributed by atoms with Crippen molar-refractivity contribution in [2.45, 2.75) is 18.2 Å². The zero-order valence-electron chi connectivity index (χ0n) is 13.8. The van der Waals surface area contributed by atoms with E-state index in [2.05, 4.69) is 15.0 Å². The number of anilines is 1. The highest BCUT2D eigenvalue weighted by atomic mass is 32.2. The molecule has 9 heteroatoms. The Hall–Kier alpha value is -2.78.